The molecule has 0 saturated heterocycles. The number of esters is 2. The third-order valence-electron chi connectivity index (χ3n) is 10.9. The van der Waals surface area contributed by atoms with E-state index < -0.39 is 38.6 Å². The Balaban J connectivity index is 4.38. The van der Waals surface area contributed by atoms with E-state index in [1.54, 1.807) is 12.2 Å². The van der Waals surface area contributed by atoms with Gasteiger partial charge in [-0.15, -0.1) is 0 Å². The summed E-state index contributed by atoms with van der Waals surface area (Å²) >= 11 is 0. The van der Waals surface area contributed by atoms with Gasteiger partial charge in [0, 0.05) is 12.8 Å². The highest BCUT2D eigenvalue weighted by atomic mass is 31.2. The fourth-order valence-corrected chi connectivity index (χ4v) is 7.63. The first-order valence-corrected chi connectivity index (χ1v) is 26.9. The number of ether oxygens (including phenoxy) is 2. The Morgan fingerprint density at radius 3 is 1.63 bits per heavy atom. The summed E-state index contributed by atoms with van der Waals surface area (Å²) in [6.45, 7) is 4.05. The standard InChI is InChI=1S/C52H96NO9P/c1-6-8-10-12-14-16-17-18-19-20-21-22-23-24-25-26-27-29-31-35-39-43-51(55)59-47-50(48-61-63(57,58)60-46-45-53(3,4)5)62-52(56)44-40-36-32-34-38-42-49(54)41-37-33-30-28-15-13-11-9-7-2/h15,28,32-34,37-38,42,49-50,54H,6-14,16-27,29-31,35-36,39-41,43-48H2,1-5H3/b28-15-,34-32+,37-33-,42-38-/t49?,50-/m1/s1. The fraction of sp³-hybridized carbons (Fsp3) is 0.808. The van der Waals surface area contributed by atoms with Crippen LogP contribution < -0.4 is 4.89 Å². The Bertz CT molecular complexity index is 1230. The molecule has 0 aliphatic heterocycles. The average molecular weight is 910 g/mol. The zero-order chi connectivity index (χ0) is 46.5. The van der Waals surface area contributed by atoms with Crippen molar-refractivity contribution in [2.75, 3.05) is 47.5 Å². The number of rotatable bonds is 46. The molecule has 0 amide bonds. The molecule has 0 aliphatic carbocycles. The predicted molar refractivity (Wildman–Crippen MR) is 260 cm³/mol. The summed E-state index contributed by atoms with van der Waals surface area (Å²) in [7, 11) is 1.08. The first-order chi connectivity index (χ1) is 30.4. The van der Waals surface area contributed by atoms with E-state index in [-0.39, 0.29) is 26.1 Å². The highest BCUT2D eigenvalue weighted by molar-refractivity contribution is 7.45. The van der Waals surface area contributed by atoms with E-state index in [0.29, 0.717) is 36.7 Å². The van der Waals surface area contributed by atoms with Gasteiger partial charge in [0.2, 0.25) is 0 Å². The molecule has 63 heavy (non-hydrogen) atoms. The number of phosphoric ester groups is 1. The number of phosphoric acid groups is 1. The van der Waals surface area contributed by atoms with Gasteiger partial charge in [0.25, 0.3) is 7.82 Å². The molecule has 1 N–H and O–H groups in total. The van der Waals surface area contributed by atoms with Crippen molar-refractivity contribution in [2.24, 2.45) is 0 Å². The van der Waals surface area contributed by atoms with Crippen molar-refractivity contribution in [3.8, 4) is 0 Å². The topological polar surface area (TPSA) is 131 Å². The van der Waals surface area contributed by atoms with Crippen molar-refractivity contribution in [3.63, 3.8) is 0 Å². The largest absolute Gasteiger partial charge is 0.756 e. The highest BCUT2D eigenvalue weighted by Crippen LogP contribution is 2.38. The lowest BCUT2D eigenvalue weighted by molar-refractivity contribution is -0.870. The lowest BCUT2D eigenvalue weighted by Crippen LogP contribution is -2.37. The number of quaternary nitrogens is 1. The first kappa shape index (κ1) is 60.9. The summed E-state index contributed by atoms with van der Waals surface area (Å²) in [5.41, 5.74) is 0. The van der Waals surface area contributed by atoms with Crippen molar-refractivity contribution in [2.45, 2.75) is 225 Å². The van der Waals surface area contributed by atoms with E-state index in [4.69, 9.17) is 18.5 Å². The highest BCUT2D eigenvalue weighted by Gasteiger charge is 2.21. The Kier molecular flexibility index (Phi) is 42.4. The number of nitrogens with zero attached hydrogens (tertiary/aromatic N) is 1. The van der Waals surface area contributed by atoms with Gasteiger partial charge in [-0.25, -0.2) is 0 Å². The maximum atomic E-state index is 12.7. The quantitative estimate of drug-likeness (QED) is 0.0158. The van der Waals surface area contributed by atoms with Crippen LogP contribution in [0.25, 0.3) is 0 Å². The smallest absolute Gasteiger partial charge is 0.306 e. The Morgan fingerprint density at radius 1 is 0.587 bits per heavy atom. The van der Waals surface area contributed by atoms with Gasteiger partial charge >= 0.3 is 11.9 Å². The van der Waals surface area contributed by atoms with E-state index in [1.165, 1.54) is 135 Å². The van der Waals surface area contributed by atoms with Crippen molar-refractivity contribution in [1.29, 1.82) is 0 Å². The molecule has 0 rings (SSSR count). The van der Waals surface area contributed by atoms with Crippen LogP contribution in [-0.4, -0.2) is 81.2 Å². The van der Waals surface area contributed by atoms with Gasteiger partial charge in [0.15, 0.2) is 6.10 Å². The Labute approximate surface area is 386 Å². The summed E-state index contributed by atoms with van der Waals surface area (Å²) in [5, 5.41) is 10.2. The normalized spacial score (nSPS) is 14.3. The van der Waals surface area contributed by atoms with Gasteiger partial charge in [-0.3, -0.25) is 14.2 Å². The van der Waals surface area contributed by atoms with E-state index >= 15 is 0 Å². The van der Waals surface area contributed by atoms with Crippen LogP contribution >= 0.6 is 7.82 Å². The maximum Gasteiger partial charge on any atom is 0.306 e. The van der Waals surface area contributed by atoms with Crippen LogP contribution in [0.3, 0.4) is 0 Å². The van der Waals surface area contributed by atoms with Crippen molar-refractivity contribution < 1.29 is 47.2 Å². The van der Waals surface area contributed by atoms with Crippen molar-refractivity contribution in [3.05, 3.63) is 48.6 Å². The van der Waals surface area contributed by atoms with E-state index in [9.17, 15) is 24.2 Å². The SMILES string of the molecule is CCCCC/C=C\C/C=C\CC(O)/C=C\C=C\CCCC(=O)O[C@H](COC(=O)CCCCCCCCCCCCCCCCCCCCCCC)COP(=O)([O-])OCC[N+](C)(C)C. The molecule has 0 aromatic heterocycles. The number of carbonyl (C=O) groups is 2. The second-order valence-corrected chi connectivity index (χ2v) is 19.8. The summed E-state index contributed by atoms with van der Waals surface area (Å²) in [5.74, 6) is -0.958. The maximum absolute atomic E-state index is 12.7. The third-order valence-corrected chi connectivity index (χ3v) is 11.9. The Morgan fingerprint density at radius 2 is 1.08 bits per heavy atom. The molecule has 0 spiro atoms. The average Bonchev–Trinajstić information content (AvgIpc) is 3.23. The van der Waals surface area contributed by atoms with Crippen molar-refractivity contribution >= 4 is 19.8 Å². The van der Waals surface area contributed by atoms with Gasteiger partial charge in [0.05, 0.1) is 33.9 Å². The lowest BCUT2D eigenvalue weighted by atomic mass is 10.0. The van der Waals surface area contributed by atoms with E-state index in [0.717, 1.165) is 25.7 Å². The van der Waals surface area contributed by atoms with Crippen LogP contribution in [-0.2, 0) is 32.7 Å². The molecule has 0 heterocycles. The molecule has 0 aliphatic rings. The van der Waals surface area contributed by atoms with Gasteiger partial charge in [-0.1, -0.05) is 204 Å². The third kappa shape index (κ3) is 47.7. The monoisotopic (exact) mass is 910 g/mol. The number of unbranched alkanes of at least 4 members (excludes halogenated alkanes) is 24. The molecule has 0 aromatic rings. The Hall–Kier alpha value is -2.07. The predicted octanol–water partition coefficient (Wildman–Crippen LogP) is 13.4. The number of aliphatic hydroxyl groups excluding tert-OH is 1. The first-order valence-electron chi connectivity index (χ1n) is 25.5. The zero-order valence-corrected chi connectivity index (χ0v) is 42.0. The second-order valence-electron chi connectivity index (χ2n) is 18.4. The fourth-order valence-electron chi connectivity index (χ4n) is 6.91. The molecular weight excluding hydrogens is 814 g/mol. The van der Waals surface area contributed by atoms with Crippen molar-refractivity contribution in [1.82, 2.24) is 0 Å². The van der Waals surface area contributed by atoms with Gasteiger partial charge in [-0.2, -0.15) is 0 Å². The molecule has 0 bridgehead atoms. The molecule has 2 unspecified atom stereocenters. The molecule has 3 atom stereocenters. The number of allylic oxidation sites excluding steroid dienone is 6. The second kappa shape index (κ2) is 43.8. The molecule has 10 nitrogen and oxygen atoms in total. The van der Waals surface area contributed by atoms with Gasteiger partial charge < -0.3 is 33.0 Å². The number of likely N-dealkylation sites (N-methyl/N-ethyl adjacent to an activating group) is 1. The number of hydrogen-bond donors (Lipinski definition) is 1. The molecule has 0 saturated carbocycles. The minimum atomic E-state index is -4.67. The zero-order valence-electron chi connectivity index (χ0n) is 41.1. The summed E-state index contributed by atoms with van der Waals surface area (Å²) in [6, 6.07) is 0. The summed E-state index contributed by atoms with van der Waals surface area (Å²) < 4.78 is 33.9. The molecule has 0 fully saturated rings. The van der Waals surface area contributed by atoms with Crippen LogP contribution in [0.15, 0.2) is 48.6 Å². The van der Waals surface area contributed by atoms with Gasteiger partial charge in [0.1, 0.15) is 19.8 Å². The van der Waals surface area contributed by atoms with Crippen LogP contribution in [0.5, 0.6) is 0 Å². The molecule has 11 heteroatoms. The van der Waals surface area contributed by atoms with Gasteiger partial charge in [-0.05, 0) is 44.9 Å². The summed E-state index contributed by atoms with van der Waals surface area (Å²) in [6.07, 6.45) is 48.9. The van der Waals surface area contributed by atoms with E-state index in [2.05, 4.69) is 32.1 Å². The molecule has 368 valence electrons. The van der Waals surface area contributed by atoms with Crippen LogP contribution in [0.4, 0.5) is 0 Å². The molecule has 0 aromatic carbocycles. The van der Waals surface area contributed by atoms with Crippen LogP contribution in [0.1, 0.15) is 213 Å². The minimum Gasteiger partial charge on any atom is -0.756 e. The number of hydrogen-bond acceptors (Lipinski definition) is 9. The van der Waals surface area contributed by atoms with E-state index in [1.807, 2.05) is 39.4 Å². The lowest BCUT2D eigenvalue weighted by Gasteiger charge is -2.28. The number of carbonyl (C=O) groups excluding carboxylic acids is 2. The minimum absolute atomic E-state index is 0.0565. The number of aliphatic hydroxyl groups is 1. The molecular formula is C52H96NO9P. The van der Waals surface area contributed by atoms with Crippen LogP contribution in [0.2, 0.25) is 0 Å². The van der Waals surface area contributed by atoms with Crippen LogP contribution in [0, 0.1) is 0 Å². The molecule has 0 radical (unpaired) electrons. The summed E-state index contributed by atoms with van der Waals surface area (Å²) in [4.78, 5) is 37.7.